The molecule has 6 heteroatoms. The highest BCUT2D eigenvalue weighted by molar-refractivity contribution is 5.80. The lowest BCUT2D eigenvalue weighted by atomic mass is 9.98. The minimum absolute atomic E-state index is 0.0136. The van der Waals surface area contributed by atoms with Crippen molar-refractivity contribution in [3.8, 4) is 0 Å². The second-order valence-electron chi connectivity index (χ2n) is 5.66. The van der Waals surface area contributed by atoms with Crippen LogP contribution in [0.3, 0.4) is 0 Å². The van der Waals surface area contributed by atoms with E-state index in [1.807, 2.05) is 0 Å². The number of Topliss-reactive ketones (excluding diaryl/α,β-unsaturated/α-hetero) is 1. The van der Waals surface area contributed by atoms with E-state index in [4.69, 9.17) is 18.9 Å². The predicted molar refractivity (Wildman–Crippen MR) is 72.1 cm³/mol. The van der Waals surface area contributed by atoms with Gasteiger partial charge in [-0.25, -0.2) is 0 Å². The summed E-state index contributed by atoms with van der Waals surface area (Å²) in [5, 5.41) is 10.1. The van der Waals surface area contributed by atoms with Crippen molar-refractivity contribution in [2.75, 3.05) is 20.8 Å². The molecule has 0 spiro atoms. The number of hydrogen-bond donors (Lipinski definition) is 1. The van der Waals surface area contributed by atoms with Crippen LogP contribution in [0.2, 0.25) is 0 Å². The Morgan fingerprint density at radius 3 is 2.30 bits per heavy atom. The van der Waals surface area contributed by atoms with Crippen LogP contribution in [0.1, 0.15) is 34.1 Å². The van der Waals surface area contributed by atoms with E-state index in [1.165, 1.54) is 14.2 Å². The third-order valence-electron chi connectivity index (χ3n) is 3.99. The topological polar surface area (TPSA) is 74.2 Å². The van der Waals surface area contributed by atoms with Gasteiger partial charge in [-0.05, 0) is 13.8 Å². The number of aliphatic hydroxyl groups is 1. The predicted octanol–water partition coefficient (Wildman–Crippen LogP) is 1.10. The summed E-state index contributed by atoms with van der Waals surface area (Å²) < 4.78 is 22.1. The maximum Gasteiger partial charge on any atom is 0.220 e. The van der Waals surface area contributed by atoms with E-state index >= 15 is 0 Å². The van der Waals surface area contributed by atoms with Gasteiger partial charge in [0.15, 0.2) is 0 Å². The van der Waals surface area contributed by atoms with E-state index in [-0.39, 0.29) is 24.7 Å². The third kappa shape index (κ3) is 3.38. The van der Waals surface area contributed by atoms with E-state index in [1.54, 1.807) is 27.7 Å². The lowest BCUT2D eigenvalue weighted by Crippen LogP contribution is -2.64. The van der Waals surface area contributed by atoms with E-state index in [0.29, 0.717) is 0 Å². The zero-order chi connectivity index (χ0) is 15.6. The van der Waals surface area contributed by atoms with Crippen LogP contribution in [0.5, 0.6) is 0 Å². The number of rotatable bonds is 6. The van der Waals surface area contributed by atoms with E-state index < -0.39 is 23.8 Å². The first kappa shape index (κ1) is 17.5. The fourth-order valence-corrected chi connectivity index (χ4v) is 2.04. The number of carbonyl (C=O) groups is 1. The second-order valence-corrected chi connectivity index (χ2v) is 5.66. The maximum absolute atomic E-state index is 11.7. The summed E-state index contributed by atoms with van der Waals surface area (Å²) in [7, 11) is 2.98. The Kier molecular flexibility index (Phi) is 5.69. The summed E-state index contributed by atoms with van der Waals surface area (Å²) in [6.07, 6.45) is -1.53. The molecule has 1 aliphatic rings. The van der Waals surface area contributed by atoms with Gasteiger partial charge in [0.25, 0.3) is 0 Å². The average molecular weight is 290 g/mol. The van der Waals surface area contributed by atoms with Crippen LogP contribution in [0.25, 0.3) is 0 Å². The molecule has 1 N–H and O–H groups in total. The normalized spacial score (nSPS) is 36.1. The van der Waals surface area contributed by atoms with Crippen molar-refractivity contribution in [3.05, 3.63) is 0 Å². The standard InChI is InChI=1S/C14H26O6/c1-9(2)10(15)7-11(16)12-8-19-13(3,17-5)14(4,18-6)20-12/h9,11-12,16H,7-8H2,1-6H3/t11?,12-,13+,14+/m0/s1. The van der Waals surface area contributed by atoms with Crippen LogP contribution < -0.4 is 0 Å². The first-order chi connectivity index (χ1) is 9.19. The smallest absolute Gasteiger partial charge is 0.220 e. The largest absolute Gasteiger partial charge is 0.390 e. The molecule has 118 valence electrons. The molecule has 4 atom stereocenters. The summed E-state index contributed by atoms with van der Waals surface area (Å²) >= 11 is 0. The van der Waals surface area contributed by atoms with E-state index in [9.17, 15) is 9.90 Å². The molecule has 20 heavy (non-hydrogen) atoms. The Hall–Kier alpha value is -0.530. The van der Waals surface area contributed by atoms with Gasteiger partial charge in [0, 0.05) is 26.6 Å². The number of ketones is 1. The number of carbonyl (C=O) groups excluding carboxylic acids is 1. The van der Waals surface area contributed by atoms with Gasteiger partial charge in [0.2, 0.25) is 11.6 Å². The zero-order valence-electron chi connectivity index (χ0n) is 13.1. The molecule has 0 saturated carbocycles. The number of aliphatic hydroxyl groups excluding tert-OH is 1. The number of ether oxygens (including phenoxy) is 4. The van der Waals surface area contributed by atoms with Gasteiger partial charge in [0.05, 0.1) is 12.7 Å². The molecule has 1 rings (SSSR count). The van der Waals surface area contributed by atoms with Gasteiger partial charge in [-0.3, -0.25) is 4.79 Å². The van der Waals surface area contributed by atoms with Gasteiger partial charge < -0.3 is 24.1 Å². The third-order valence-corrected chi connectivity index (χ3v) is 3.99. The van der Waals surface area contributed by atoms with Gasteiger partial charge in [-0.1, -0.05) is 13.8 Å². The maximum atomic E-state index is 11.7. The molecule has 1 fully saturated rings. The molecule has 0 aromatic heterocycles. The summed E-state index contributed by atoms with van der Waals surface area (Å²) in [6.45, 7) is 7.12. The molecular weight excluding hydrogens is 264 g/mol. The Bertz CT molecular complexity index is 345. The first-order valence-electron chi connectivity index (χ1n) is 6.82. The van der Waals surface area contributed by atoms with E-state index in [0.717, 1.165) is 0 Å². The van der Waals surface area contributed by atoms with Gasteiger partial charge in [-0.2, -0.15) is 0 Å². The number of methoxy groups -OCH3 is 2. The first-order valence-corrected chi connectivity index (χ1v) is 6.82. The van der Waals surface area contributed by atoms with Crippen molar-refractivity contribution in [2.45, 2.75) is 57.9 Å². The summed E-state index contributed by atoms with van der Waals surface area (Å²) in [4.78, 5) is 11.7. The lowest BCUT2D eigenvalue weighted by Gasteiger charge is -2.49. The van der Waals surface area contributed by atoms with Gasteiger partial charge in [0.1, 0.15) is 11.9 Å². The lowest BCUT2D eigenvalue weighted by molar-refractivity contribution is -0.436. The molecule has 0 bridgehead atoms. The van der Waals surface area contributed by atoms with Crippen molar-refractivity contribution >= 4 is 5.78 Å². The fraction of sp³-hybridized carbons (Fsp3) is 0.929. The van der Waals surface area contributed by atoms with E-state index in [2.05, 4.69) is 0 Å². The molecule has 1 unspecified atom stereocenters. The Morgan fingerprint density at radius 2 is 1.85 bits per heavy atom. The monoisotopic (exact) mass is 290 g/mol. The second kappa shape index (κ2) is 6.49. The highest BCUT2D eigenvalue weighted by atomic mass is 16.8. The minimum atomic E-state index is -1.16. The molecule has 0 radical (unpaired) electrons. The zero-order valence-corrected chi connectivity index (χ0v) is 13.1. The Labute approximate surface area is 120 Å². The SMILES string of the molecule is CO[C@]1(C)OC[C@@H](C(O)CC(=O)C(C)C)O[C@@]1(C)OC. The average Bonchev–Trinajstić information content (AvgIpc) is 2.41. The summed E-state index contributed by atoms with van der Waals surface area (Å²) in [5.74, 6) is -2.36. The van der Waals surface area contributed by atoms with Crippen molar-refractivity contribution in [2.24, 2.45) is 5.92 Å². The molecule has 0 aromatic carbocycles. The van der Waals surface area contributed by atoms with Crippen LogP contribution in [0.4, 0.5) is 0 Å². The van der Waals surface area contributed by atoms with Gasteiger partial charge >= 0.3 is 0 Å². The van der Waals surface area contributed by atoms with Crippen molar-refractivity contribution in [1.29, 1.82) is 0 Å². The van der Waals surface area contributed by atoms with Crippen molar-refractivity contribution in [1.82, 2.24) is 0 Å². The minimum Gasteiger partial charge on any atom is -0.390 e. The quantitative estimate of drug-likeness (QED) is 0.789. The molecule has 0 amide bonds. The molecule has 0 aliphatic carbocycles. The summed E-state index contributed by atoms with van der Waals surface area (Å²) in [6, 6.07) is 0. The number of hydrogen-bond acceptors (Lipinski definition) is 6. The Morgan fingerprint density at radius 1 is 1.30 bits per heavy atom. The van der Waals surface area contributed by atoms with Crippen LogP contribution in [0, 0.1) is 5.92 Å². The van der Waals surface area contributed by atoms with Crippen molar-refractivity contribution in [3.63, 3.8) is 0 Å². The van der Waals surface area contributed by atoms with Crippen LogP contribution in [0.15, 0.2) is 0 Å². The molecule has 1 saturated heterocycles. The van der Waals surface area contributed by atoms with Crippen LogP contribution in [-0.4, -0.2) is 55.5 Å². The highest BCUT2D eigenvalue weighted by Crippen LogP contribution is 2.37. The molecule has 6 nitrogen and oxygen atoms in total. The Balaban J connectivity index is 2.75. The fourth-order valence-electron chi connectivity index (χ4n) is 2.04. The van der Waals surface area contributed by atoms with Crippen LogP contribution >= 0.6 is 0 Å². The molecule has 1 heterocycles. The molecular formula is C14H26O6. The van der Waals surface area contributed by atoms with Crippen molar-refractivity contribution < 1.29 is 28.8 Å². The van der Waals surface area contributed by atoms with Gasteiger partial charge in [-0.15, -0.1) is 0 Å². The van der Waals surface area contributed by atoms with Crippen LogP contribution in [-0.2, 0) is 23.7 Å². The summed E-state index contributed by atoms with van der Waals surface area (Å²) in [5.41, 5.74) is 0. The molecule has 0 aromatic rings. The molecule has 1 aliphatic heterocycles. The highest BCUT2D eigenvalue weighted by Gasteiger charge is 2.54.